The molecule has 0 amide bonds. The van der Waals surface area contributed by atoms with Gasteiger partial charge in [-0.15, -0.1) is 0 Å². The highest BCUT2D eigenvalue weighted by Crippen LogP contribution is 2.50. The lowest BCUT2D eigenvalue weighted by atomic mass is 10.0. The van der Waals surface area contributed by atoms with Gasteiger partial charge in [0.15, 0.2) is 0 Å². The SMILES string of the molecule is CCc1cc(N(CCOC)CCOC)cc2c1Nc1c(CC)cc(N(CCOC)CCOC)cc1S2.[I-]. The van der Waals surface area contributed by atoms with Crippen molar-refractivity contribution in [2.75, 3.05) is 96.2 Å². The molecular weight excluding hydrogens is 601 g/mol. The number of rotatable bonds is 16. The van der Waals surface area contributed by atoms with Crippen LogP contribution in [0.5, 0.6) is 0 Å². The minimum absolute atomic E-state index is 0. The number of ether oxygens (including phenoxy) is 4. The number of nitrogens with one attached hydrogen (secondary N) is 1. The van der Waals surface area contributed by atoms with Crippen LogP contribution in [0, 0.1) is 0 Å². The van der Waals surface area contributed by atoms with Crippen molar-refractivity contribution >= 4 is 34.5 Å². The molecule has 0 radical (unpaired) electrons. The van der Waals surface area contributed by atoms with Gasteiger partial charge >= 0.3 is 0 Å². The number of fused-ring (bicyclic) bond motifs is 2. The zero-order valence-corrected chi connectivity index (χ0v) is 26.2. The molecule has 0 unspecified atom stereocenters. The molecule has 3 rings (SSSR count). The predicted molar refractivity (Wildman–Crippen MR) is 151 cm³/mol. The van der Waals surface area contributed by atoms with E-state index in [4.69, 9.17) is 18.9 Å². The number of anilines is 4. The second-order valence-electron chi connectivity index (χ2n) is 8.84. The molecular formula is C28H43IN3O4S-. The number of benzene rings is 2. The molecule has 0 bridgehead atoms. The first kappa shape index (κ1) is 32.0. The van der Waals surface area contributed by atoms with E-state index >= 15 is 0 Å². The first-order valence-electron chi connectivity index (χ1n) is 12.8. The summed E-state index contributed by atoms with van der Waals surface area (Å²) >= 11 is 1.86. The highest BCUT2D eigenvalue weighted by Gasteiger charge is 2.24. The molecule has 37 heavy (non-hydrogen) atoms. The van der Waals surface area contributed by atoms with Gasteiger partial charge in [0, 0.05) is 75.8 Å². The van der Waals surface area contributed by atoms with E-state index in [2.05, 4.69) is 53.2 Å². The van der Waals surface area contributed by atoms with Gasteiger partial charge in [0.1, 0.15) is 0 Å². The van der Waals surface area contributed by atoms with Crippen molar-refractivity contribution in [1.29, 1.82) is 0 Å². The van der Waals surface area contributed by atoms with Crippen LogP contribution in [0.1, 0.15) is 25.0 Å². The van der Waals surface area contributed by atoms with E-state index in [9.17, 15) is 0 Å². The molecule has 208 valence electrons. The monoisotopic (exact) mass is 644 g/mol. The van der Waals surface area contributed by atoms with Crippen LogP contribution >= 0.6 is 11.8 Å². The lowest BCUT2D eigenvalue weighted by molar-refractivity contribution is -0.00000889. The van der Waals surface area contributed by atoms with Crippen molar-refractivity contribution < 1.29 is 42.9 Å². The Hall–Kier alpha value is -1.24. The summed E-state index contributed by atoms with van der Waals surface area (Å²) < 4.78 is 21.5. The van der Waals surface area contributed by atoms with Gasteiger partial charge in [-0.2, -0.15) is 0 Å². The Morgan fingerprint density at radius 3 is 1.27 bits per heavy atom. The van der Waals surface area contributed by atoms with Crippen LogP contribution in [0.4, 0.5) is 22.7 Å². The van der Waals surface area contributed by atoms with Gasteiger partial charge in [-0.05, 0) is 48.2 Å². The predicted octanol–water partition coefficient (Wildman–Crippen LogP) is 2.22. The summed E-state index contributed by atoms with van der Waals surface area (Å²) in [4.78, 5) is 7.23. The highest BCUT2D eigenvalue weighted by molar-refractivity contribution is 7.99. The molecule has 1 aliphatic heterocycles. The first-order chi connectivity index (χ1) is 17.6. The second kappa shape index (κ2) is 16.7. The van der Waals surface area contributed by atoms with Crippen molar-refractivity contribution in [2.24, 2.45) is 0 Å². The van der Waals surface area contributed by atoms with E-state index in [1.165, 1.54) is 43.7 Å². The first-order valence-corrected chi connectivity index (χ1v) is 13.7. The lowest BCUT2D eigenvalue weighted by Gasteiger charge is -2.31. The molecule has 0 saturated heterocycles. The van der Waals surface area contributed by atoms with Crippen molar-refractivity contribution in [1.82, 2.24) is 0 Å². The Morgan fingerprint density at radius 1 is 0.622 bits per heavy atom. The number of methoxy groups -OCH3 is 4. The van der Waals surface area contributed by atoms with Gasteiger partial charge in [0.2, 0.25) is 0 Å². The minimum atomic E-state index is 0. The smallest absolute Gasteiger partial charge is 0.0637 e. The number of nitrogens with zero attached hydrogens (tertiary/aromatic N) is 2. The fourth-order valence-corrected chi connectivity index (χ4v) is 5.64. The maximum absolute atomic E-state index is 5.38. The molecule has 1 N–H and O–H groups in total. The van der Waals surface area contributed by atoms with Crippen LogP contribution in [0.15, 0.2) is 34.1 Å². The number of hydrogen-bond acceptors (Lipinski definition) is 8. The summed E-state index contributed by atoms with van der Waals surface area (Å²) in [6.07, 6.45) is 1.92. The van der Waals surface area contributed by atoms with Gasteiger partial charge in [-0.25, -0.2) is 0 Å². The average molecular weight is 645 g/mol. The second-order valence-corrected chi connectivity index (χ2v) is 9.92. The number of aryl methyl sites for hydroxylation is 2. The average Bonchev–Trinajstić information content (AvgIpc) is 2.90. The van der Waals surface area contributed by atoms with Crippen LogP contribution in [-0.4, -0.2) is 81.0 Å². The van der Waals surface area contributed by atoms with E-state index in [0.29, 0.717) is 26.4 Å². The van der Waals surface area contributed by atoms with Crippen molar-refractivity contribution in [3.8, 4) is 0 Å². The van der Waals surface area contributed by atoms with E-state index in [1.54, 1.807) is 28.4 Å². The summed E-state index contributed by atoms with van der Waals surface area (Å²) in [6.45, 7) is 10.5. The zero-order chi connectivity index (χ0) is 25.9. The largest absolute Gasteiger partial charge is 1.00 e. The summed E-state index contributed by atoms with van der Waals surface area (Å²) in [5.74, 6) is 0. The maximum atomic E-state index is 5.38. The molecule has 0 saturated carbocycles. The van der Waals surface area contributed by atoms with E-state index in [-0.39, 0.29) is 24.0 Å². The fraction of sp³-hybridized carbons (Fsp3) is 0.571. The molecule has 0 spiro atoms. The molecule has 0 atom stereocenters. The normalized spacial score (nSPS) is 11.8. The zero-order valence-electron chi connectivity index (χ0n) is 23.2. The Bertz CT molecular complexity index is 887. The van der Waals surface area contributed by atoms with Crippen molar-refractivity contribution in [2.45, 2.75) is 36.5 Å². The molecule has 0 aliphatic carbocycles. The van der Waals surface area contributed by atoms with Crippen LogP contribution in [0.3, 0.4) is 0 Å². The summed E-state index contributed by atoms with van der Waals surface area (Å²) in [7, 11) is 7.00. The summed E-state index contributed by atoms with van der Waals surface area (Å²) in [5.41, 5.74) is 7.55. The fourth-order valence-electron chi connectivity index (χ4n) is 4.47. The Morgan fingerprint density at radius 2 is 0.973 bits per heavy atom. The van der Waals surface area contributed by atoms with Gasteiger partial charge in [0.25, 0.3) is 0 Å². The van der Waals surface area contributed by atoms with Gasteiger partial charge in [-0.1, -0.05) is 25.6 Å². The molecule has 1 heterocycles. The van der Waals surface area contributed by atoms with Crippen molar-refractivity contribution in [3.63, 3.8) is 0 Å². The maximum Gasteiger partial charge on any atom is 0.0637 e. The van der Waals surface area contributed by atoms with Crippen LogP contribution in [0.2, 0.25) is 0 Å². The summed E-state index contributed by atoms with van der Waals surface area (Å²) in [6, 6.07) is 9.26. The Kier molecular flexibility index (Phi) is 14.4. The van der Waals surface area contributed by atoms with Crippen molar-refractivity contribution in [3.05, 3.63) is 35.4 Å². The Balaban J connectivity index is 0.00000481. The minimum Gasteiger partial charge on any atom is -1.00 e. The third-order valence-electron chi connectivity index (χ3n) is 6.56. The molecule has 7 nitrogen and oxygen atoms in total. The molecule has 2 aromatic carbocycles. The van der Waals surface area contributed by atoms with Crippen LogP contribution in [0.25, 0.3) is 0 Å². The third-order valence-corrected chi connectivity index (χ3v) is 7.64. The number of hydrogen-bond donors (Lipinski definition) is 1. The molecule has 2 aromatic rings. The lowest BCUT2D eigenvalue weighted by Crippen LogP contribution is -3.00. The third kappa shape index (κ3) is 8.37. The summed E-state index contributed by atoms with van der Waals surface area (Å²) in [5, 5.41) is 3.83. The van der Waals surface area contributed by atoms with E-state index in [1.807, 2.05) is 11.8 Å². The van der Waals surface area contributed by atoms with E-state index in [0.717, 1.165) is 39.0 Å². The van der Waals surface area contributed by atoms with E-state index < -0.39 is 0 Å². The Labute approximate surface area is 244 Å². The molecule has 1 aliphatic rings. The van der Waals surface area contributed by atoms with Gasteiger partial charge < -0.3 is 58.0 Å². The molecule has 9 heteroatoms. The molecule has 0 fully saturated rings. The van der Waals surface area contributed by atoms with Crippen LogP contribution in [-0.2, 0) is 31.8 Å². The number of halogens is 1. The topological polar surface area (TPSA) is 55.4 Å². The molecule has 0 aromatic heterocycles. The van der Waals surface area contributed by atoms with Gasteiger partial charge in [-0.3, -0.25) is 0 Å². The standard InChI is InChI=1S/C28H43N3O4S.HI/c1-7-21-17-23(30(9-13-32-3)10-14-33-4)19-25-27(21)29-28-22(8-2)18-24(20-26(28)36-25)31(11-15-34-5)12-16-35-6;/h17-20,29H,7-16H2,1-6H3;1H/p-1. The van der Waals surface area contributed by atoms with Crippen LogP contribution < -0.4 is 39.1 Å². The van der Waals surface area contributed by atoms with Gasteiger partial charge in [0.05, 0.1) is 37.8 Å². The quantitative estimate of drug-likeness (QED) is 0.239. The highest BCUT2D eigenvalue weighted by atomic mass is 127.